The van der Waals surface area contributed by atoms with Crippen LogP contribution in [0.2, 0.25) is 0 Å². The number of hydrogen-bond acceptors (Lipinski definition) is 10. The van der Waals surface area contributed by atoms with Gasteiger partial charge in [0, 0.05) is 28.7 Å². The van der Waals surface area contributed by atoms with Gasteiger partial charge in [0.2, 0.25) is 0 Å². The number of nitrogens with one attached hydrogen (secondary N) is 2. The van der Waals surface area contributed by atoms with Crippen molar-refractivity contribution < 1.29 is 19.7 Å². The molecule has 0 spiro atoms. The summed E-state index contributed by atoms with van der Waals surface area (Å²) in [6.07, 6.45) is 4.93. The molecule has 3 aromatic heterocycles. The highest BCUT2D eigenvalue weighted by Crippen LogP contribution is 2.38. The molecule has 206 valence electrons. The predicted octanol–water partition coefficient (Wildman–Crippen LogP) is 5.96. The highest BCUT2D eigenvalue weighted by molar-refractivity contribution is 5.95. The lowest BCUT2D eigenvalue weighted by molar-refractivity contribution is -0.386. The molecule has 4 aromatic rings. The minimum atomic E-state index is -0.776. The second-order valence-electron chi connectivity index (χ2n) is 9.04. The fourth-order valence-corrected chi connectivity index (χ4v) is 4.77. The number of aromatic amines is 2. The minimum Gasteiger partial charge on any atom is -0.350 e. The normalized spacial score (nSPS) is 11.9. The molecule has 5 heterocycles. The van der Waals surface area contributed by atoms with Crippen LogP contribution in [0.3, 0.4) is 0 Å². The molecule has 0 amide bonds. The summed E-state index contributed by atoms with van der Waals surface area (Å²) in [6.45, 7) is 0. The molecule has 0 aliphatic carbocycles. The van der Waals surface area contributed by atoms with Crippen LogP contribution < -0.4 is 0 Å². The van der Waals surface area contributed by atoms with Gasteiger partial charge in [-0.1, -0.05) is 12.1 Å². The highest BCUT2D eigenvalue weighted by atomic mass is 16.6. The van der Waals surface area contributed by atoms with Crippen molar-refractivity contribution in [2.45, 2.75) is 0 Å². The Hall–Kier alpha value is -6.58. The number of benzene rings is 1. The number of nitro groups is 4. The lowest BCUT2D eigenvalue weighted by Crippen LogP contribution is -1.97. The Morgan fingerprint density at radius 3 is 1.76 bits per heavy atom. The number of aromatic nitrogens is 4. The van der Waals surface area contributed by atoms with Crippen molar-refractivity contribution in [1.29, 1.82) is 0 Å². The number of nitro benzene ring substituents is 1. The van der Waals surface area contributed by atoms with Gasteiger partial charge >= 0.3 is 17.1 Å². The quantitative estimate of drug-likeness (QED) is 0.184. The van der Waals surface area contributed by atoms with Crippen LogP contribution in [0.4, 0.5) is 22.7 Å². The summed E-state index contributed by atoms with van der Waals surface area (Å²) in [5, 5.41) is 48.0. The number of nitrogens with zero attached hydrogens (tertiary/aromatic N) is 6. The molecule has 0 unspecified atom stereocenters. The van der Waals surface area contributed by atoms with Crippen LogP contribution in [-0.4, -0.2) is 39.6 Å². The van der Waals surface area contributed by atoms with Crippen molar-refractivity contribution in [2.24, 2.45) is 0 Å². The molecule has 8 bridgehead atoms. The fraction of sp³-hybridized carbons (Fsp3) is 0. The molecule has 0 atom stereocenters. The van der Waals surface area contributed by atoms with Gasteiger partial charge in [-0.2, -0.15) is 0 Å². The Labute approximate surface area is 231 Å². The van der Waals surface area contributed by atoms with Gasteiger partial charge < -0.3 is 9.97 Å². The zero-order valence-electron chi connectivity index (χ0n) is 20.9. The first-order valence-electron chi connectivity index (χ1n) is 12.0. The van der Waals surface area contributed by atoms with Gasteiger partial charge in [0.25, 0.3) is 5.69 Å². The second-order valence-corrected chi connectivity index (χ2v) is 9.04. The highest BCUT2D eigenvalue weighted by Gasteiger charge is 2.28. The van der Waals surface area contributed by atoms with Gasteiger partial charge in [-0.15, -0.1) is 0 Å². The van der Waals surface area contributed by atoms with Crippen molar-refractivity contribution in [1.82, 2.24) is 19.9 Å². The van der Waals surface area contributed by atoms with E-state index in [0.717, 1.165) is 0 Å². The molecular formula is C26H14N8O8. The molecule has 0 saturated heterocycles. The van der Waals surface area contributed by atoms with Crippen LogP contribution in [0.25, 0.3) is 57.5 Å². The number of hydrogen-bond donors (Lipinski definition) is 2. The molecule has 6 rings (SSSR count). The topological polar surface area (TPSA) is 230 Å². The van der Waals surface area contributed by atoms with Crippen LogP contribution in [-0.2, 0) is 0 Å². The van der Waals surface area contributed by atoms with Gasteiger partial charge in [0.1, 0.15) is 33.8 Å². The maximum Gasteiger partial charge on any atom is 0.320 e. The molecule has 2 N–H and O–H groups in total. The third-order valence-electron chi connectivity index (χ3n) is 6.52. The van der Waals surface area contributed by atoms with Gasteiger partial charge in [-0.05, 0) is 54.1 Å². The SMILES string of the molecule is O=[N+]([O-])c1cccc(-c2cc3cc4ccc([nH]4)c([N+](=O)[O-])c4nc(c([N+](=O)[O-])c5nc(c([N+](=O)[O-])c2[nH]3)C=C5)C=C4)c1. The summed E-state index contributed by atoms with van der Waals surface area (Å²) in [7, 11) is 0. The molecule has 16 heteroatoms. The molecule has 1 aromatic carbocycles. The summed E-state index contributed by atoms with van der Waals surface area (Å²) in [5.74, 6) is 0. The van der Waals surface area contributed by atoms with E-state index in [2.05, 4.69) is 19.9 Å². The number of fused-ring (bicyclic) bond motifs is 8. The maximum absolute atomic E-state index is 12.4. The summed E-state index contributed by atoms with van der Waals surface area (Å²) in [6, 6.07) is 11.5. The molecule has 2 aliphatic heterocycles. The van der Waals surface area contributed by atoms with Gasteiger partial charge in [0.05, 0.1) is 19.7 Å². The largest absolute Gasteiger partial charge is 0.350 e. The summed E-state index contributed by atoms with van der Waals surface area (Å²) < 4.78 is 0. The van der Waals surface area contributed by atoms with E-state index in [4.69, 9.17) is 0 Å². The van der Waals surface area contributed by atoms with E-state index < -0.39 is 36.8 Å². The van der Waals surface area contributed by atoms with E-state index in [-0.39, 0.29) is 50.6 Å². The lowest BCUT2D eigenvalue weighted by Gasteiger charge is -2.00. The van der Waals surface area contributed by atoms with Crippen molar-refractivity contribution >= 4 is 69.1 Å². The fourth-order valence-electron chi connectivity index (χ4n) is 4.77. The Kier molecular flexibility index (Phi) is 5.85. The third-order valence-corrected chi connectivity index (χ3v) is 6.52. The van der Waals surface area contributed by atoms with E-state index in [1.165, 1.54) is 66.8 Å². The van der Waals surface area contributed by atoms with E-state index in [0.29, 0.717) is 11.0 Å². The minimum absolute atomic E-state index is 0.0580. The monoisotopic (exact) mass is 566 g/mol. The van der Waals surface area contributed by atoms with Crippen molar-refractivity contribution in [3.63, 3.8) is 0 Å². The van der Waals surface area contributed by atoms with E-state index >= 15 is 0 Å². The Morgan fingerprint density at radius 1 is 0.571 bits per heavy atom. The summed E-state index contributed by atoms with van der Waals surface area (Å²) >= 11 is 0. The first-order chi connectivity index (χ1) is 20.1. The summed E-state index contributed by atoms with van der Waals surface area (Å²) in [5.41, 5.74) is -1.52. The van der Waals surface area contributed by atoms with Crippen molar-refractivity contribution in [3.8, 4) is 11.1 Å². The first kappa shape index (κ1) is 25.7. The standard InChI is InChI=1S/C26H14N8O8/c35-31(36)16-3-1-2-13(10-16)17-12-15-11-14-4-5-18(27-14)24(32(37)38)19-6-7-20(29-19)25(33(39)40)21-8-9-22(30-21)26(34(41)42)23(17)28-15/h1-12,27-28H. The number of rotatable bonds is 5. The van der Waals surface area contributed by atoms with Crippen LogP contribution in [0.15, 0.2) is 48.5 Å². The average Bonchev–Trinajstić information content (AvgIpc) is 3.74. The molecule has 42 heavy (non-hydrogen) atoms. The van der Waals surface area contributed by atoms with Crippen LogP contribution >= 0.6 is 0 Å². The molecule has 0 saturated carbocycles. The van der Waals surface area contributed by atoms with Crippen molar-refractivity contribution in [2.75, 3.05) is 0 Å². The zero-order valence-corrected chi connectivity index (χ0v) is 20.9. The number of H-pyrrole nitrogens is 2. The Balaban J connectivity index is 1.82. The molecule has 0 radical (unpaired) electrons. The molecule has 2 aliphatic rings. The smallest absolute Gasteiger partial charge is 0.320 e. The summed E-state index contributed by atoms with van der Waals surface area (Å²) in [4.78, 5) is 59.4. The average molecular weight is 566 g/mol. The second kappa shape index (κ2) is 9.56. The van der Waals surface area contributed by atoms with Gasteiger partial charge in [0.15, 0.2) is 0 Å². The predicted molar refractivity (Wildman–Crippen MR) is 151 cm³/mol. The van der Waals surface area contributed by atoms with Crippen LogP contribution in [0.1, 0.15) is 22.8 Å². The molecular weight excluding hydrogens is 552 g/mol. The molecule has 0 fully saturated rings. The third kappa shape index (κ3) is 4.30. The first-order valence-corrected chi connectivity index (χ1v) is 12.0. The Bertz CT molecular complexity index is 2130. The van der Waals surface area contributed by atoms with E-state index in [9.17, 15) is 40.5 Å². The van der Waals surface area contributed by atoms with E-state index in [1.54, 1.807) is 6.07 Å². The van der Waals surface area contributed by atoms with Crippen molar-refractivity contribution in [3.05, 3.63) is 112 Å². The van der Waals surface area contributed by atoms with E-state index in [1.807, 2.05) is 0 Å². The van der Waals surface area contributed by atoms with Gasteiger partial charge in [-0.3, -0.25) is 40.5 Å². The lowest BCUT2D eigenvalue weighted by atomic mass is 10.1. The van der Waals surface area contributed by atoms with Gasteiger partial charge in [-0.25, -0.2) is 9.97 Å². The maximum atomic E-state index is 12.4. The van der Waals surface area contributed by atoms with Crippen LogP contribution in [0, 0.1) is 40.5 Å². The Morgan fingerprint density at radius 2 is 1.17 bits per heavy atom. The number of non-ortho nitro benzene ring substituents is 1. The van der Waals surface area contributed by atoms with Crippen LogP contribution in [0.5, 0.6) is 0 Å². The molecule has 16 nitrogen and oxygen atoms in total. The zero-order chi connectivity index (χ0) is 29.7.